The van der Waals surface area contributed by atoms with Crippen LogP contribution in [0.1, 0.15) is 62.5 Å². The minimum atomic E-state index is -0.936. The van der Waals surface area contributed by atoms with Gasteiger partial charge in [-0.1, -0.05) is 37.8 Å². The Morgan fingerprint density at radius 2 is 2.03 bits per heavy atom. The molecule has 1 atom stereocenters. The number of fused-ring (bicyclic) bond motifs is 1. The molecule has 2 aliphatic heterocycles. The van der Waals surface area contributed by atoms with Gasteiger partial charge in [-0.25, -0.2) is 0 Å². The van der Waals surface area contributed by atoms with Crippen LogP contribution in [0.25, 0.3) is 0 Å². The summed E-state index contributed by atoms with van der Waals surface area (Å²) in [4.78, 5) is 24.5. The number of hydrogen-bond acceptors (Lipinski definition) is 5. The summed E-state index contributed by atoms with van der Waals surface area (Å²) in [5.74, 6) is -0.936. The highest BCUT2D eigenvalue weighted by molar-refractivity contribution is 6.33. The molecule has 1 fully saturated rings. The van der Waals surface area contributed by atoms with Gasteiger partial charge in [0.1, 0.15) is 12.5 Å². The summed E-state index contributed by atoms with van der Waals surface area (Å²) in [6.45, 7) is 5.60. The Labute approximate surface area is 184 Å². The number of piperidine rings is 1. The standard InChI is InChI=1S/C21H31ClN2O4.ClH/c1-2-3-4-5-8-24-9-6-14(7-10-24)11-15-12-17(22)19(23)20-18(15)16(21(25)26)13-27-28-20;/h12,14,16H,2-11,13,23H2,1H3,(H,25,26);1H. The Bertz CT molecular complexity index is 694. The summed E-state index contributed by atoms with van der Waals surface area (Å²) in [6.07, 6.45) is 8.18. The van der Waals surface area contributed by atoms with Crippen molar-refractivity contribution < 1.29 is 19.7 Å². The molecule has 3 N–H and O–H groups in total. The van der Waals surface area contributed by atoms with Gasteiger partial charge in [-0.3, -0.25) is 4.79 Å². The van der Waals surface area contributed by atoms with Gasteiger partial charge in [-0.05, 0) is 62.9 Å². The number of carboxylic acid groups (broad SMARTS) is 1. The maximum atomic E-state index is 11.7. The predicted molar refractivity (Wildman–Crippen MR) is 117 cm³/mol. The first-order chi connectivity index (χ1) is 13.5. The first-order valence-corrected chi connectivity index (χ1v) is 10.7. The van der Waals surface area contributed by atoms with Gasteiger partial charge >= 0.3 is 5.97 Å². The van der Waals surface area contributed by atoms with E-state index in [2.05, 4.69) is 11.8 Å². The number of carbonyl (C=O) groups is 1. The first-order valence-electron chi connectivity index (χ1n) is 10.4. The molecule has 0 bridgehead atoms. The highest BCUT2D eigenvalue weighted by Gasteiger charge is 2.35. The molecule has 1 aromatic rings. The van der Waals surface area contributed by atoms with Crippen LogP contribution in [0.15, 0.2) is 6.07 Å². The van der Waals surface area contributed by atoms with Gasteiger partial charge in [0.15, 0.2) is 5.75 Å². The zero-order chi connectivity index (χ0) is 20.1. The van der Waals surface area contributed by atoms with E-state index in [0.717, 1.165) is 37.9 Å². The van der Waals surface area contributed by atoms with E-state index >= 15 is 0 Å². The smallest absolute Gasteiger partial charge is 0.313 e. The van der Waals surface area contributed by atoms with Gasteiger partial charge in [-0.2, -0.15) is 4.89 Å². The molecule has 0 saturated carbocycles. The quantitative estimate of drug-likeness (QED) is 0.342. The van der Waals surface area contributed by atoms with Crippen LogP contribution < -0.4 is 10.6 Å². The summed E-state index contributed by atoms with van der Waals surface area (Å²) in [6, 6.07) is 1.82. The molecular weight excluding hydrogens is 415 g/mol. The van der Waals surface area contributed by atoms with E-state index in [-0.39, 0.29) is 30.5 Å². The van der Waals surface area contributed by atoms with Crippen molar-refractivity contribution in [1.29, 1.82) is 0 Å². The number of benzene rings is 1. The predicted octanol–water partition coefficient (Wildman–Crippen LogP) is 4.67. The summed E-state index contributed by atoms with van der Waals surface area (Å²) in [7, 11) is 0. The molecule has 0 radical (unpaired) electrons. The number of hydrogen-bond donors (Lipinski definition) is 2. The van der Waals surface area contributed by atoms with Crippen molar-refractivity contribution in [2.45, 2.75) is 57.8 Å². The summed E-state index contributed by atoms with van der Waals surface area (Å²) >= 11 is 6.29. The highest BCUT2D eigenvalue weighted by atomic mass is 35.5. The lowest BCUT2D eigenvalue weighted by Crippen LogP contribution is -2.35. The fourth-order valence-corrected chi connectivity index (χ4v) is 4.49. The lowest BCUT2D eigenvalue weighted by molar-refractivity contribution is -0.222. The van der Waals surface area contributed by atoms with Crippen LogP contribution in [-0.2, 0) is 16.1 Å². The van der Waals surface area contributed by atoms with Gasteiger partial charge in [0.25, 0.3) is 0 Å². The molecule has 0 aliphatic carbocycles. The molecule has 2 heterocycles. The molecular formula is C21H32Cl2N2O4. The van der Waals surface area contributed by atoms with Crippen LogP contribution in [0.2, 0.25) is 5.02 Å². The number of likely N-dealkylation sites (tertiary alicyclic amines) is 1. The second kappa shape index (κ2) is 11.3. The molecule has 164 valence electrons. The SMILES string of the molecule is CCCCCCN1CCC(Cc2cc(Cl)c(N)c3c2C(C(=O)O)COO3)CC1.Cl. The third kappa shape index (κ3) is 5.91. The minimum absolute atomic E-state index is 0. The number of anilines is 1. The summed E-state index contributed by atoms with van der Waals surface area (Å²) in [5, 5.41) is 10.0. The van der Waals surface area contributed by atoms with Crippen LogP contribution in [0.5, 0.6) is 5.75 Å². The molecule has 1 aromatic carbocycles. The van der Waals surface area contributed by atoms with Crippen LogP contribution >= 0.6 is 24.0 Å². The average Bonchev–Trinajstić information content (AvgIpc) is 2.70. The van der Waals surface area contributed by atoms with Crippen molar-refractivity contribution >= 4 is 35.7 Å². The van der Waals surface area contributed by atoms with E-state index in [1.54, 1.807) is 0 Å². The molecule has 0 spiro atoms. The van der Waals surface area contributed by atoms with Gasteiger partial charge < -0.3 is 20.6 Å². The molecule has 1 unspecified atom stereocenters. The Morgan fingerprint density at radius 3 is 2.69 bits per heavy atom. The minimum Gasteiger partial charge on any atom is -0.481 e. The zero-order valence-electron chi connectivity index (χ0n) is 17.0. The van der Waals surface area contributed by atoms with E-state index < -0.39 is 11.9 Å². The van der Waals surface area contributed by atoms with Crippen molar-refractivity contribution in [2.75, 3.05) is 32.0 Å². The Balaban J connectivity index is 0.00000300. The van der Waals surface area contributed by atoms with Crippen molar-refractivity contribution in [3.8, 4) is 5.75 Å². The van der Waals surface area contributed by atoms with Crippen molar-refractivity contribution in [1.82, 2.24) is 4.90 Å². The molecule has 0 amide bonds. The fourth-order valence-electron chi connectivity index (χ4n) is 4.27. The zero-order valence-corrected chi connectivity index (χ0v) is 18.6. The maximum absolute atomic E-state index is 11.7. The Hall–Kier alpha value is -1.21. The van der Waals surface area contributed by atoms with Crippen LogP contribution in [0.4, 0.5) is 5.69 Å². The van der Waals surface area contributed by atoms with E-state index in [1.165, 1.54) is 32.2 Å². The number of rotatable bonds is 8. The normalized spacial score (nSPS) is 19.9. The molecule has 6 nitrogen and oxygen atoms in total. The van der Waals surface area contributed by atoms with E-state index in [0.29, 0.717) is 16.5 Å². The monoisotopic (exact) mass is 446 g/mol. The number of nitrogens with zero attached hydrogens (tertiary/aromatic N) is 1. The van der Waals surface area contributed by atoms with Crippen molar-refractivity contribution in [3.05, 3.63) is 22.2 Å². The third-order valence-electron chi connectivity index (χ3n) is 5.96. The molecule has 0 aromatic heterocycles. The van der Waals surface area contributed by atoms with E-state index in [4.69, 9.17) is 27.1 Å². The second-order valence-corrected chi connectivity index (χ2v) is 8.39. The van der Waals surface area contributed by atoms with Gasteiger partial charge in [0.05, 0.1) is 10.7 Å². The molecule has 1 saturated heterocycles. The number of halogens is 2. The average molecular weight is 447 g/mol. The third-order valence-corrected chi connectivity index (χ3v) is 6.27. The largest absolute Gasteiger partial charge is 0.481 e. The fraction of sp³-hybridized carbons (Fsp3) is 0.667. The number of unbranched alkanes of at least 4 members (excludes halogenated alkanes) is 3. The van der Waals surface area contributed by atoms with E-state index in [1.807, 2.05) is 6.07 Å². The van der Waals surface area contributed by atoms with E-state index in [9.17, 15) is 9.90 Å². The molecule has 3 rings (SSSR count). The number of aliphatic carboxylic acids is 1. The maximum Gasteiger partial charge on any atom is 0.313 e. The van der Waals surface area contributed by atoms with Crippen molar-refractivity contribution in [3.63, 3.8) is 0 Å². The highest BCUT2D eigenvalue weighted by Crippen LogP contribution is 2.44. The van der Waals surface area contributed by atoms with Gasteiger partial charge in [-0.15, -0.1) is 12.4 Å². The topological polar surface area (TPSA) is 85.0 Å². The summed E-state index contributed by atoms with van der Waals surface area (Å²) < 4.78 is 0. The number of nitrogens with two attached hydrogens (primary N) is 1. The Kier molecular flexibility index (Phi) is 9.34. The summed E-state index contributed by atoms with van der Waals surface area (Å²) in [5.41, 5.74) is 7.81. The molecule has 2 aliphatic rings. The number of nitrogen functional groups attached to an aromatic ring is 1. The lowest BCUT2D eigenvalue weighted by Gasteiger charge is -2.33. The van der Waals surface area contributed by atoms with Crippen molar-refractivity contribution in [2.24, 2.45) is 5.92 Å². The van der Waals surface area contributed by atoms with Gasteiger partial charge in [0.2, 0.25) is 0 Å². The van der Waals surface area contributed by atoms with Gasteiger partial charge in [0, 0.05) is 5.56 Å². The van der Waals surface area contributed by atoms with Crippen LogP contribution in [0, 0.1) is 5.92 Å². The number of carboxylic acids is 1. The Morgan fingerprint density at radius 1 is 1.31 bits per heavy atom. The van der Waals surface area contributed by atoms with Crippen LogP contribution in [-0.4, -0.2) is 42.2 Å². The molecule has 29 heavy (non-hydrogen) atoms. The lowest BCUT2D eigenvalue weighted by atomic mass is 9.84. The second-order valence-electron chi connectivity index (χ2n) is 7.98. The first kappa shape index (κ1) is 24.1. The molecule has 8 heteroatoms. The van der Waals surface area contributed by atoms with Crippen LogP contribution in [0.3, 0.4) is 0 Å².